The van der Waals surface area contributed by atoms with Crippen molar-refractivity contribution in [2.24, 2.45) is 11.8 Å². The summed E-state index contributed by atoms with van der Waals surface area (Å²) in [6.07, 6.45) is 6.98. The van der Waals surface area contributed by atoms with Gasteiger partial charge in [-0.15, -0.1) is 0 Å². The Labute approximate surface area is 110 Å². The first-order valence-electron chi connectivity index (χ1n) is 6.79. The molecule has 4 N–H and O–H groups in total. The zero-order chi connectivity index (χ0) is 12.8. The lowest BCUT2D eigenvalue weighted by Gasteiger charge is -2.24. The second-order valence-electron chi connectivity index (χ2n) is 5.47. The zero-order valence-electron chi connectivity index (χ0n) is 10.6. The van der Waals surface area contributed by atoms with E-state index >= 15 is 0 Å². The first kappa shape index (κ1) is 11.0. The number of rotatable bonds is 5. The van der Waals surface area contributed by atoms with Crippen molar-refractivity contribution in [3.05, 3.63) is 6.20 Å². The maximum absolute atomic E-state index is 5.46. The standard InChI is InChI=1S/C12H17N7/c13-17-12-15-10-9(5-14-18-10)11(16-12)19(8-3-4-8)6-7-1-2-7/h5,7-8H,1-4,6,13H2,(H2,14,15,16,17,18). The molecule has 2 aliphatic rings. The topological polar surface area (TPSA) is 95.7 Å². The summed E-state index contributed by atoms with van der Waals surface area (Å²) >= 11 is 0. The van der Waals surface area contributed by atoms with Gasteiger partial charge in [-0.05, 0) is 31.6 Å². The Morgan fingerprint density at radius 1 is 1.32 bits per heavy atom. The molecular weight excluding hydrogens is 242 g/mol. The smallest absolute Gasteiger partial charge is 0.241 e. The van der Waals surface area contributed by atoms with Crippen molar-refractivity contribution >= 4 is 22.8 Å². The van der Waals surface area contributed by atoms with Gasteiger partial charge in [-0.2, -0.15) is 15.1 Å². The molecule has 7 nitrogen and oxygen atoms in total. The van der Waals surface area contributed by atoms with Crippen molar-refractivity contribution < 1.29 is 0 Å². The van der Waals surface area contributed by atoms with E-state index in [0.717, 1.165) is 29.3 Å². The van der Waals surface area contributed by atoms with Crippen LogP contribution < -0.4 is 16.2 Å². The second-order valence-corrected chi connectivity index (χ2v) is 5.47. The van der Waals surface area contributed by atoms with Gasteiger partial charge < -0.3 is 4.90 Å². The molecule has 19 heavy (non-hydrogen) atoms. The molecular formula is C12H17N7. The molecule has 4 rings (SSSR count). The third-order valence-electron chi connectivity index (χ3n) is 3.83. The summed E-state index contributed by atoms with van der Waals surface area (Å²) < 4.78 is 0. The van der Waals surface area contributed by atoms with Crippen molar-refractivity contribution in [3.63, 3.8) is 0 Å². The van der Waals surface area contributed by atoms with Crippen molar-refractivity contribution in [1.29, 1.82) is 0 Å². The van der Waals surface area contributed by atoms with Crippen molar-refractivity contribution in [2.75, 3.05) is 16.9 Å². The summed E-state index contributed by atoms with van der Waals surface area (Å²) in [4.78, 5) is 11.2. The van der Waals surface area contributed by atoms with Gasteiger partial charge in [0.2, 0.25) is 5.95 Å². The molecule has 0 radical (unpaired) electrons. The van der Waals surface area contributed by atoms with E-state index in [0.29, 0.717) is 12.0 Å². The summed E-state index contributed by atoms with van der Waals surface area (Å²) in [5.41, 5.74) is 3.27. The Kier molecular flexibility index (Phi) is 2.34. The molecule has 0 aliphatic heterocycles. The van der Waals surface area contributed by atoms with E-state index in [4.69, 9.17) is 5.84 Å². The van der Waals surface area contributed by atoms with Gasteiger partial charge in [0.15, 0.2) is 5.65 Å². The number of hydrazine groups is 1. The second kappa shape index (κ2) is 4.06. The van der Waals surface area contributed by atoms with E-state index in [1.54, 1.807) is 6.20 Å². The van der Waals surface area contributed by atoms with E-state index in [9.17, 15) is 0 Å². The van der Waals surface area contributed by atoms with Crippen LogP contribution in [0, 0.1) is 5.92 Å². The number of hydrogen-bond acceptors (Lipinski definition) is 6. The lowest BCUT2D eigenvalue weighted by atomic mass is 10.3. The van der Waals surface area contributed by atoms with Gasteiger partial charge in [0.05, 0.1) is 11.6 Å². The molecule has 2 aliphatic carbocycles. The summed E-state index contributed by atoms with van der Waals surface area (Å²) in [5, 5.41) is 7.94. The summed E-state index contributed by atoms with van der Waals surface area (Å²) in [7, 11) is 0. The molecule has 2 aromatic heterocycles. The SMILES string of the molecule is NNc1nc(N(CC2CC2)C2CC2)c2cn[nH]c2n1. The minimum atomic E-state index is 0.438. The molecule has 2 heterocycles. The van der Waals surface area contributed by atoms with E-state index < -0.39 is 0 Å². The number of nitrogen functional groups attached to an aromatic ring is 1. The maximum atomic E-state index is 5.46. The normalized spacial score (nSPS) is 18.8. The van der Waals surface area contributed by atoms with Crippen LogP contribution in [-0.2, 0) is 0 Å². The summed E-state index contributed by atoms with van der Waals surface area (Å²) in [5.74, 6) is 7.68. The number of aromatic amines is 1. The van der Waals surface area contributed by atoms with Gasteiger partial charge in [0.1, 0.15) is 5.82 Å². The first-order chi connectivity index (χ1) is 9.35. The van der Waals surface area contributed by atoms with Crippen LogP contribution in [0.3, 0.4) is 0 Å². The highest BCUT2D eigenvalue weighted by Gasteiger charge is 2.35. The number of hydrogen-bond donors (Lipinski definition) is 3. The number of fused-ring (bicyclic) bond motifs is 1. The Bertz CT molecular complexity index is 599. The van der Waals surface area contributed by atoms with Gasteiger partial charge >= 0.3 is 0 Å². The average molecular weight is 259 g/mol. The Morgan fingerprint density at radius 3 is 2.84 bits per heavy atom. The fourth-order valence-electron chi connectivity index (χ4n) is 2.48. The van der Waals surface area contributed by atoms with Crippen LogP contribution in [0.5, 0.6) is 0 Å². The molecule has 2 aromatic rings. The van der Waals surface area contributed by atoms with Crippen LogP contribution in [0.15, 0.2) is 6.20 Å². The highest BCUT2D eigenvalue weighted by molar-refractivity contribution is 5.87. The molecule has 2 saturated carbocycles. The van der Waals surface area contributed by atoms with E-state index in [1.807, 2.05) is 0 Å². The van der Waals surface area contributed by atoms with Crippen LogP contribution in [0.4, 0.5) is 11.8 Å². The van der Waals surface area contributed by atoms with Crippen LogP contribution in [0.25, 0.3) is 11.0 Å². The van der Waals surface area contributed by atoms with Gasteiger partial charge in [-0.3, -0.25) is 10.5 Å². The molecule has 0 amide bonds. The molecule has 0 bridgehead atoms. The number of nitrogens with zero attached hydrogens (tertiary/aromatic N) is 4. The Hall–Kier alpha value is -1.89. The lowest BCUT2D eigenvalue weighted by Crippen LogP contribution is -2.29. The largest absolute Gasteiger partial charge is 0.353 e. The first-order valence-corrected chi connectivity index (χ1v) is 6.79. The van der Waals surface area contributed by atoms with Crippen LogP contribution in [0.2, 0.25) is 0 Å². The average Bonchev–Trinajstić information content (AvgIpc) is 3.33. The van der Waals surface area contributed by atoms with Gasteiger partial charge in [-0.1, -0.05) is 0 Å². The van der Waals surface area contributed by atoms with Crippen molar-refractivity contribution in [1.82, 2.24) is 20.2 Å². The van der Waals surface area contributed by atoms with Gasteiger partial charge in [0.25, 0.3) is 0 Å². The third-order valence-corrected chi connectivity index (χ3v) is 3.83. The summed E-state index contributed by atoms with van der Waals surface area (Å²) in [6.45, 7) is 1.09. The zero-order valence-corrected chi connectivity index (χ0v) is 10.6. The Morgan fingerprint density at radius 2 is 2.16 bits per heavy atom. The molecule has 0 saturated heterocycles. The minimum Gasteiger partial charge on any atom is -0.353 e. The molecule has 0 atom stereocenters. The van der Waals surface area contributed by atoms with Crippen LogP contribution in [0.1, 0.15) is 25.7 Å². The number of H-pyrrole nitrogens is 1. The predicted octanol–water partition coefficient (Wildman–Crippen LogP) is 1.02. The third kappa shape index (κ3) is 1.99. The lowest BCUT2D eigenvalue weighted by molar-refractivity contribution is 0.711. The van der Waals surface area contributed by atoms with E-state index in [-0.39, 0.29) is 0 Å². The van der Waals surface area contributed by atoms with Gasteiger partial charge in [-0.25, -0.2) is 5.84 Å². The number of anilines is 2. The molecule has 0 unspecified atom stereocenters. The van der Waals surface area contributed by atoms with Crippen LogP contribution in [-0.4, -0.2) is 32.8 Å². The summed E-state index contributed by atoms with van der Waals surface area (Å²) in [6, 6.07) is 0.624. The minimum absolute atomic E-state index is 0.438. The number of aromatic nitrogens is 4. The number of nitrogens with one attached hydrogen (secondary N) is 2. The Balaban J connectivity index is 1.79. The fourth-order valence-corrected chi connectivity index (χ4v) is 2.48. The van der Waals surface area contributed by atoms with E-state index in [2.05, 4.69) is 30.5 Å². The highest BCUT2D eigenvalue weighted by Crippen LogP contribution is 2.39. The molecule has 0 aromatic carbocycles. The molecule has 0 spiro atoms. The molecule has 100 valence electrons. The van der Waals surface area contributed by atoms with Crippen LogP contribution >= 0.6 is 0 Å². The quantitative estimate of drug-likeness (QED) is 0.548. The molecule has 2 fully saturated rings. The van der Waals surface area contributed by atoms with Crippen molar-refractivity contribution in [2.45, 2.75) is 31.7 Å². The monoisotopic (exact) mass is 259 g/mol. The maximum Gasteiger partial charge on any atom is 0.241 e. The number of nitrogens with two attached hydrogens (primary N) is 1. The molecule has 7 heteroatoms. The highest BCUT2D eigenvalue weighted by atomic mass is 15.3. The fraction of sp³-hybridized carbons (Fsp3) is 0.583. The van der Waals surface area contributed by atoms with Crippen molar-refractivity contribution in [3.8, 4) is 0 Å². The predicted molar refractivity (Wildman–Crippen MR) is 72.6 cm³/mol. The van der Waals surface area contributed by atoms with E-state index in [1.165, 1.54) is 25.7 Å². The van der Waals surface area contributed by atoms with Gasteiger partial charge in [0, 0.05) is 12.6 Å².